The van der Waals surface area contributed by atoms with E-state index in [0.717, 1.165) is 49.9 Å². The number of carbonyl (C=O) groups excluding carboxylic acids is 1. The Balaban J connectivity index is 1.68. The van der Waals surface area contributed by atoms with Crippen LogP contribution in [0.3, 0.4) is 0 Å². The summed E-state index contributed by atoms with van der Waals surface area (Å²) in [4.78, 5) is 24.9. The Morgan fingerprint density at radius 2 is 1.93 bits per heavy atom. The van der Waals surface area contributed by atoms with Gasteiger partial charge < -0.3 is 4.90 Å². The van der Waals surface area contributed by atoms with Gasteiger partial charge in [-0.1, -0.05) is 19.1 Å². The molecule has 3 rings (SSSR count). The molecule has 1 aromatic heterocycles. The van der Waals surface area contributed by atoms with Crippen LogP contribution in [-0.4, -0.2) is 44.8 Å². The summed E-state index contributed by atoms with van der Waals surface area (Å²) in [6, 6.07) is 7.36. The van der Waals surface area contributed by atoms with Crippen molar-refractivity contribution in [1.82, 2.24) is 19.8 Å². The van der Waals surface area contributed by atoms with E-state index in [-0.39, 0.29) is 23.8 Å². The molecule has 1 fully saturated rings. The molecular formula is C22H29FN4O. The molecule has 6 heteroatoms. The first kappa shape index (κ1) is 20.4. The van der Waals surface area contributed by atoms with Gasteiger partial charge in [-0.05, 0) is 49.9 Å². The molecule has 1 aromatic carbocycles. The lowest BCUT2D eigenvalue weighted by atomic mass is 10.0. The van der Waals surface area contributed by atoms with Crippen LogP contribution in [-0.2, 0) is 11.3 Å². The number of hydrogen-bond acceptors (Lipinski definition) is 4. The molecule has 1 aliphatic rings. The van der Waals surface area contributed by atoms with Crippen LogP contribution >= 0.6 is 0 Å². The van der Waals surface area contributed by atoms with Crippen molar-refractivity contribution in [3.63, 3.8) is 0 Å². The Kier molecular flexibility index (Phi) is 7.09. The highest BCUT2D eigenvalue weighted by molar-refractivity contribution is 5.73. The normalized spacial score (nSPS) is 19.0. The molecule has 1 amide bonds. The topological polar surface area (TPSA) is 49.3 Å². The lowest BCUT2D eigenvalue weighted by molar-refractivity contribution is -0.132. The van der Waals surface area contributed by atoms with Gasteiger partial charge >= 0.3 is 0 Å². The second kappa shape index (κ2) is 9.73. The van der Waals surface area contributed by atoms with Crippen molar-refractivity contribution in [3.05, 3.63) is 59.9 Å². The second-order valence-corrected chi connectivity index (χ2v) is 7.49. The SMILES string of the molecule is CC[C@H](c1ccc(F)cc1)N1CCC[C@@H](N(Cc2cncnc2)C(C)=O)CC1. The van der Waals surface area contributed by atoms with E-state index in [2.05, 4.69) is 21.8 Å². The van der Waals surface area contributed by atoms with E-state index < -0.39 is 0 Å². The first-order valence-corrected chi connectivity index (χ1v) is 10.1. The maximum absolute atomic E-state index is 13.3. The monoisotopic (exact) mass is 384 g/mol. The average Bonchev–Trinajstić information content (AvgIpc) is 2.95. The minimum atomic E-state index is -0.198. The molecule has 0 spiro atoms. The van der Waals surface area contributed by atoms with Crippen LogP contribution < -0.4 is 0 Å². The Bertz CT molecular complexity index is 753. The van der Waals surface area contributed by atoms with Gasteiger partial charge in [0, 0.05) is 50.1 Å². The summed E-state index contributed by atoms with van der Waals surface area (Å²) in [5.74, 6) is -0.107. The van der Waals surface area contributed by atoms with Crippen LogP contribution in [0, 0.1) is 5.82 Å². The Hall–Kier alpha value is -2.34. The van der Waals surface area contributed by atoms with Crippen molar-refractivity contribution in [1.29, 1.82) is 0 Å². The molecule has 0 radical (unpaired) electrons. The van der Waals surface area contributed by atoms with Gasteiger partial charge in [-0.25, -0.2) is 14.4 Å². The van der Waals surface area contributed by atoms with E-state index in [1.165, 1.54) is 18.5 Å². The quantitative estimate of drug-likeness (QED) is 0.756. The molecule has 0 unspecified atom stereocenters. The van der Waals surface area contributed by atoms with E-state index in [0.29, 0.717) is 6.54 Å². The van der Waals surface area contributed by atoms with E-state index >= 15 is 0 Å². The van der Waals surface area contributed by atoms with Gasteiger partial charge in [0.25, 0.3) is 0 Å². The summed E-state index contributed by atoms with van der Waals surface area (Å²) < 4.78 is 13.3. The van der Waals surface area contributed by atoms with Gasteiger partial charge in [-0.15, -0.1) is 0 Å². The fourth-order valence-electron chi connectivity index (χ4n) is 4.22. The van der Waals surface area contributed by atoms with Crippen LogP contribution in [0.4, 0.5) is 4.39 Å². The van der Waals surface area contributed by atoms with E-state index in [1.54, 1.807) is 19.3 Å². The number of aromatic nitrogens is 2. The zero-order valence-corrected chi connectivity index (χ0v) is 16.7. The molecule has 5 nitrogen and oxygen atoms in total. The number of benzene rings is 1. The molecule has 2 heterocycles. The van der Waals surface area contributed by atoms with Crippen molar-refractivity contribution in [2.75, 3.05) is 13.1 Å². The van der Waals surface area contributed by atoms with Crippen molar-refractivity contribution in [2.45, 2.75) is 58.2 Å². The highest BCUT2D eigenvalue weighted by atomic mass is 19.1. The number of amides is 1. The third-order valence-corrected chi connectivity index (χ3v) is 5.63. The van der Waals surface area contributed by atoms with Crippen molar-refractivity contribution in [3.8, 4) is 0 Å². The van der Waals surface area contributed by atoms with Crippen LogP contribution in [0.25, 0.3) is 0 Å². The summed E-state index contributed by atoms with van der Waals surface area (Å²) in [5.41, 5.74) is 2.11. The average molecular weight is 384 g/mol. The number of rotatable bonds is 6. The molecular weight excluding hydrogens is 355 g/mol. The number of nitrogens with zero attached hydrogens (tertiary/aromatic N) is 4. The fourth-order valence-corrected chi connectivity index (χ4v) is 4.22. The minimum Gasteiger partial charge on any atom is -0.335 e. The molecule has 1 aliphatic heterocycles. The van der Waals surface area contributed by atoms with Crippen molar-refractivity contribution in [2.24, 2.45) is 0 Å². The first-order chi connectivity index (χ1) is 13.6. The molecule has 0 aliphatic carbocycles. The number of carbonyl (C=O) groups is 1. The number of halogens is 1. The number of hydrogen-bond donors (Lipinski definition) is 0. The third-order valence-electron chi connectivity index (χ3n) is 5.63. The van der Waals surface area contributed by atoms with Gasteiger partial charge in [0.15, 0.2) is 0 Å². The predicted molar refractivity (Wildman–Crippen MR) is 107 cm³/mol. The van der Waals surface area contributed by atoms with Gasteiger partial charge in [0.05, 0.1) is 0 Å². The summed E-state index contributed by atoms with van der Waals surface area (Å²) in [7, 11) is 0. The Morgan fingerprint density at radius 1 is 1.21 bits per heavy atom. The first-order valence-electron chi connectivity index (χ1n) is 10.1. The smallest absolute Gasteiger partial charge is 0.219 e. The molecule has 28 heavy (non-hydrogen) atoms. The summed E-state index contributed by atoms with van der Waals surface area (Å²) >= 11 is 0. The van der Waals surface area contributed by atoms with Gasteiger partial charge in [-0.2, -0.15) is 0 Å². The van der Waals surface area contributed by atoms with Crippen LogP contribution in [0.15, 0.2) is 43.0 Å². The predicted octanol–water partition coefficient (Wildman–Crippen LogP) is 3.97. The lowest BCUT2D eigenvalue weighted by Crippen LogP contribution is -2.39. The number of likely N-dealkylation sites (tertiary alicyclic amines) is 1. The Morgan fingerprint density at radius 3 is 2.57 bits per heavy atom. The maximum atomic E-state index is 13.3. The van der Waals surface area contributed by atoms with E-state index in [4.69, 9.17) is 0 Å². The molecule has 0 N–H and O–H groups in total. The largest absolute Gasteiger partial charge is 0.335 e. The van der Waals surface area contributed by atoms with E-state index in [1.807, 2.05) is 17.0 Å². The molecule has 2 aromatic rings. The van der Waals surface area contributed by atoms with Gasteiger partial charge in [0.1, 0.15) is 12.1 Å². The Labute approximate surface area is 166 Å². The fraction of sp³-hybridized carbons (Fsp3) is 0.500. The molecule has 1 saturated heterocycles. The summed E-state index contributed by atoms with van der Waals surface area (Å²) in [6.07, 6.45) is 8.99. The molecule has 0 bridgehead atoms. The standard InChI is InChI=1S/C22H29FN4O/c1-3-22(19-6-8-20(23)9-7-19)26-11-4-5-21(10-12-26)27(17(2)28)15-18-13-24-16-25-14-18/h6-9,13-14,16,21-22H,3-5,10-12,15H2,1-2H3/t21-,22-/m1/s1. The second-order valence-electron chi connectivity index (χ2n) is 7.49. The molecule has 0 saturated carbocycles. The highest BCUT2D eigenvalue weighted by Crippen LogP contribution is 2.28. The van der Waals surface area contributed by atoms with Crippen molar-refractivity contribution < 1.29 is 9.18 Å². The molecule has 150 valence electrons. The van der Waals surface area contributed by atoms with Gasteiger partial charge in [0.2, 0.25) is 5.91 Å². The zero-order valence-electron chi connectivity index (χ0n) is 16.7. The minimum absolute atomic E-state index is 0.0906. The maximum Gasteiger partial charge on any atom is 0.219 e. The molecule has 2 atom stereocenters. The highest BCUT2D eigenvalue weighted by Gasteiger charge is 2.27. The summed E-state index contributed by atoms with van der Waals surface area (Å²) in [5, 5.41) is 0. The van der Waals surface area contributed by atoms with E-state index in [9.17, 15) is 9.18 Å². The zero-order chi connectivity index (χ0) is 19.9. The van der Waals surface area contributed by atoms with Crippen LogP contribution in [0.2, 0.25) is 0 Å². The van der Waals surface area contributed by atoms with Crippen LogP contribution in [0.5, 0.6) is 0 Å². The van der Waals surface area contributed by atoms with Gasteiger partial charge in [-0.3, -0.25) is 9.69 Å². The lowest BCUT2D eigenvalue weighted by Gasteiger charge is -2.32. The van der Waals surface area contributed by atoms with Crippen molar-refractivity contribution >= 4 is 5.91 Å². The van der Waals surface area contributed by atoms with Crippen LogP contribution in [0.1, 0.15) is 56.7 Å². The summed E-state index contributed by atoms with van der Waals surface area (Å²) in [6.45, 7) is 6.28. The third kappa shape index (κ3) is 5.13.